The summed E-state index contributed by atoms with van der Waals surface area (Å²) in [5, 5.41) is 2.45. The SMILES string of the molecule is O=C(Nc1ccc(Oc2cc(F)cnc2C(F)(F)F)cc1)c1ccccc1F. The highest BCUT2D eigenvalue weighted by atomic mass is 19.4. The summed E-state index contributed by atoms with van der Waals surface area (Å²) < 4.78 is 70.8. The topological polar surface area (TPSA) is 51.2 Å². The molecule has 28 heavy (non-hydrogen) atoms. The van der Waals surface area contributed by atoms with Gasteiger partial charge in [0.1, 0.15) is 17.4 Å². The lowest BCUT2D eigenvalue weighted by molar-refractivity contribution is -0.142. The Hall–Kier alpha value is -3.49. The van der Waals surface area contributed by atoms with Gasteiger partial charge in [0.2, 0.25) is 0 Å². The molecule has 0 spiro atoms. The Kier molecular flexibility index (Phi) is 5.25. The summed E-state index contributed by atoms with van der Waals surface area (Å²) in [4.78, 5) is 15.1. The summed E-state index contributed by atoms with van der Waals surface area (Å²) >= 11 is 0. The zero-order chi connectivity index (χ0) is 20.3. The van der Waals surface area contributed by atoms with Crippen molar-refractivity contribution in [3.05, 3.63) is 83.7 Å². The Labute approximate surface area is 155 Å². The smallest absolute Gasteiger partial charge is 0.437 e. The number of carbonyl (C=O) groups is 1. The first kappa shape index (κ1) is 19.3. The first-order valence-electron chi connectivity index (χ1n) is 7.80. The molecule has 4 nitrogen and oxygen atoms in total. The van der Waals surface area contributed by atoms with Gasteiger partial charge in [0.05, 0.1) is 11.8 Å². The lowest BCUT2D eigenvalue weighted by Crippen LogP contribution is -2.13. The largest absolute Gasteiger partial charge is 0.455 e. The molecule has 2 aromatic carbocycles. The lowest BCUT2D eigenvalue weighted by atomic mass is 10.2. The van der Waals surface area contributed by atoms with Crippen LogP contribution < -0.4 is 10.1 Å². The van der Waals surface area contributed by atoms with Crippen molar-refractivity contribution in [2.75, 3.05) is 5.32 Å². The summed E-state index contributed by atoms with van der Waals surface area (Å²) in [6.07, 6.45) is -4.38. The number of pyridine rings is 1. The summed E-state index contributed by atoms with van der Waals surface area (Å²) in [6.45, 7) is 0. The Morgan fingerprint density at radius 3 is 2.32 bits per heavy atom. The van der Waals surface area contributed by atoms with Gasteiger partial charge in [0.25, 0.3) is 5.91 Å². The maximum atomic E-state index is 13.6. The van der Waals surface area contributed by atoms with Crippen molar-refractivity contribution in [1.82, 2.24) is 4.98 Å². The minimum absolute atomic E-state index is 0.0400. The van der Waals surface area contributed by atoms with Crippen LogP contribution in [0.2, 0.25) is 0 Å². The van der Waals surface area contributed by atoms with Gasteiger partial charge < -0.3 is 10.1 Å². The monoisotopic (exact) mass is 394 g/mol. The third kappa shape index (κ3) is 4.43. The van der Waals surface area contributed by atoms with Crippen LogP contribution in [0.1, 0.15) is 16.1 Å². The minimum atomic E-state index is -4.82. The van der Waals surface area contributed by atoms with Crippen molar-refractivity contribution in [3.63, 3.8) is 0 Å². The molecule has 0 aliphatic carbocycles. The second-order valence-electron chi connectivity index (χ2n) is 5.56. The van der Waals surface area contributed by atoms with E-state index in [2.05, 4.69) is 10.3 Å². The number of nitrogens with one attached hydrogen (secondary N) is 1. The molecule has 0 saturated heterocycles. The summed E-state index contributed by atoms with van der Waals surface area (Å²) in [7, 11) is 0. The van der Waals surface area contributed by atoms with Gasteiger partial charge >= 0.3 is 6.18 Å². The number of alkyl halides is 3. The summed E-state index contributed by atoms with van der Waals surface area (Å²) in [5.41, 5.74) is -1.27. The highest BCUT2D eigenvalue weighted by Gasteiger charge is 2.37. The van der Waals surface area contributed by atoms with Crippen LogP contribution in [0, 0.1) is 11.6 Å². The third-order valence-electron chi connectivity index (χ3n) is 3.55. The Balaban J connectivity index is 1.76. The van der Waals surface area contributed by atoms with Gasteiger partial charge in [-0.05, 0) is 36.4 Å². The quantitative estimate of drug-likeness (QED) is 0.601. The molecule has 0 unspecified atom stereocenters. The highest BCUT2D eigenvalue weighted by molar-refractivity contribution is 6.04. The molecule has 0 fully saturated rings. The molecule has 1 aromatic heterocycles. The fourth-order valence-electron chi connectivity index (χ4n) is 2.29. The second-order valence-corrected chi connectivity index (χ2v) is 5.56. The Morgan fingerprint density at radius 1 is 1.00 bits per heavy atom. The van der Waals surface area contributed by atoms with Crippen molar-refractivity contribution in [2.45, 2.75) is 6.18 Å². The molecule has 144 valence electrons. The Bertz CT molecular complexity index is 1000. The van der Waals surface area contributed by atoms with E-state index in [1.165, 1.54) is 42.5 Å². The molecule has 9 heteroatoms. The van der Waals surface area contributed by atoms with E-state index >= 15 is 0 Å². The van der Waals surface area contributed by atoms with Gasteiger partial charge in [0, 0.05) is 11.8 Å². The predicted octanol–water partition coefficient (Wildman–Crippen LogP) is 5.42. The number of carbonyl (C=O) groups excluding carboxylic acids is 1. The first-order chi connectivity index (χ1) is 13.2. The van der Waals surface area contributed by atoms with E-state index in [-0.39, 0.29) is 17.0 Å². The van der Waals surface area contributed by atoms with E-state index in [0.717, 1.165) is 6.07 Å². The number of aromatic nitrogens is 1. The standard InChI is InChI=1S/C19H11F5N2O2/c20-11-9-16(17(25-10-11)19(22,23)24)28-13-7-5-12(6-8-13)26-18(27)14-3-1-2-4-15(14)21/h1-10H,(H,26,27). The second kappa shape index (κ2) is 7.63. The number of amides is 1. The average Bonchev–Trinajstić information content (AvgIpc) is 2.62. The summed E-state index contributed by atoms with van der Waals surface area (Å²) in [5.74, 6) is -3.21. The molecule has 3 aromatic rings. The number of hydrogen-bond donors (Lipinski definition) is 1. The maximum absolute atomic E-state index is 13.6. The minimum Gasteiger partial charge on any atom is -0.455 e. The zero-order valence-electron chi connectivity index (χ0n) is 13.9. The number of anilines is 1. The van der Waals surface area contributed by atoms with Crippen molar-refractivity contribution in [3.8, 4) is 11.5 Å². The van der Waals surface area contributed by atoms with Crippen LogP contribution in [0.5, 0.6) is 11.5 Å². The van der Waals surface area contributed by atoms with Crippen LogP contribution in [0.15, 0.2) is 60.8 Å². The molecule has 1 N–H and O–H groups in total. The van der Waals surface area contributed by atoms with E-state index < -0.39 is 35.2 Å². The molecule has 0 atom stereocenters. The van der Waals surface area contributed by atoms with Gasteiger partial charge in [-0.1, -0.05) is 12.1 Å². The molecule has 0 aliphatic rings. The van der Waals surface area contributed by atoms with Crippen molar-refractivity contribution < 1.29 is 31.5 Å². The third-order valence-corrected chi connectivity index (χ3v) is 3.55. The number of rotatable bonds is 4. The molecular formula is C19H11F5N2O2. The van der Waals surface area contributed by atoms with Gasteiger partial charge in [0.15, 0.2) is 11.4 Å². The van der Waals surface area contributed by atoms with E-state index in [1.807, 2.05) is 0 Å². The molecule has 1 amide bonds. The zero-order valence-corrected chi connectivity index (χ0v) is 13.9. The number of nitrogens with zero attached hydrogens (tertiary/aromatic N) is 1. The normalized spacial score (nSPS) is 11.2. The molecule has 0 radical (unpaired) electrons. The van der Waals surface area contributed by atoms with Crippen LogP contribution in [-0.2, 0) is 6.18 Å². The fourth-order valence-corrected chi connectivity index (χ4v) is 2.29. The van der Waals surface area contributed by atoms with Gasteiger partial charge in [-0.2, -0.15) is 13.2 Å². The molecule has 3 rings (SSSR count). The van der Waals surface area contributed by atoms with Gasteiger partial charge in [-0.25, -0.2) is 13.8 Å². The van der Waals surface area contributed by atoms with Crippen LogP contribution in [0.4, 0.5) is 27.6 Å². The molecule has 0 aliphatic heterocycles. The summed E-state index contributed by atoms with van der Waals surface area (Å²) in [6, 6.07) is 11.2. The van der Waals surface area contributed by atoms with E-state index in [1.54, 1.807) is 0 Å². The van der Waals surface area contributed by atoms with Crippen LogP contribution >= 0.6 is 0 Å². The van der Waals surface area contributed by atoms with E-state index in [0.29, 0.717) is 12.3 Å². The van der Waals surface area contributed by atoms with E-state index in [9.17, 15) is 26.7 Å². The molecule has 0 bridgehead atoms. The predicted molar refractivity (Wildman–Crippen MR) is 90.1 cm³/mol. The van der Waals surface area contributed by atoms with Crippen molar-refractivity contribution >= 4 is 11.6 Å². The van der Waals surface area contributed by atoms with Crippen molar-refractivity contribution in [1.29, 1.82) is 0 Å². The van der Waals surface area contributed by atoms with Crippen LogP contribution in [0.3, 0.4) is 0 Å². The number of ether oxygens (including phenoxy) is 1. The molecular weight excluding hydrogens is 383 g/mol. The first-order valence-corrected chi connectivity index (χ1v) is 7.80. The van der Waals surface area contributed by atoms with E-state index in [4.69, 9.17) is 4.74 Å². The lowest BCUT2D eigenvalue weighted by Gasteiger charge is -2.13. The van der Waals surface area contributed by atoms with Gasteiger partial charge in [-0.15, -0.1) is 0 Å². The Morgan fingerprint density at radius 2 is 1.68 bits per heavy atom. The van der Waals surface area contributed by atoms with Gasteiger partial charge in [-0.3, -0.25) is 4.79 Å². The molecule has 1 heterocycles. The number of halogens is 5. The average molecular weight is 394 g/mol. The van der Waals surface area contributed by atoms with Crippen molar-refractivity contribution in [2.24, 2.45) is 0 Å². The number of benzene rings is 2. The molecule has 0 saturated carbocycles. The van der Waals surface area contributed by atoms with Crippen LogP contribution in [0.25, 0.3) is 0 Å². The van der Waals surface area contributed by atoms with Crippen LogP contribution in [-0.4, -0.2) is 10.9 Å². The maximum Gasteiger partial charge on any atom is 0.437 e. The fraction of sp³-hybridized carbons (Fsp3) is 0.0526. The highest BCUT2D eigenvalue weighted by Crippen LogP contribution is 2.37. The number of hydrogen-bond acceptors (Lipinski definition) is 3.